The Labute approximate surface area is 115 Å². The normalized spacial score (nSPS) is 12.3. The van der Waals surface area contributed by atoms with Crippen molar-refractivity contribution < 1.29 is 9.90 Å². The van der Waals surface area contributed by atoms with Gasteiger partial charge in [0, 0.05) is 6.54 Å². The summed E-state index contributed by atoms with van der Waals surface area (Å²) in [5.74, 6) is -0.831. The van der Waals surface area contributed by atoms with E-state index in [9.17, 15) is 9.90 Å². The molecule has 1 atom stereocenters. The molecule has 1 rings (SSSR count). The van der Waals surface area contributed by atoms with Crippen LogP contribution in [0.25, 0.3) is 0 Å². The second-order valence-corrected chi connectivity index (χ2v) is 4.68. The molecule has 0 saturated heterocycles. The zero-order valence-electron chi connectivity index (χ0n) is 11.6. The third-order valence-electron chi connectivity index (χ3n) is 3.15. The molecule has 0 fully saturated rings. The number of carboxylic acid groups (broad SMARTS) is 1. The molecule has 0 spiro atoms. The van der Waals surface area contributed by atoms with Crippen molar-refractivity contribution in [3.63, 3.8) is 0 Å². The third-order valence-corrected chi connectivity index (χ3v) is 3.15. The van der Waals surface area contributed by atoms with Crippen molar-refractivity contribution in [1.82, 2.24) is 4.90 Å². The molecule has 0 amide bonds. The largest absolute Gasteiger partial charge is 0.480 e. The Morgan fingerprint density at radius 2 is 2.05 bits per heavy atom. The van der Waals surface area contributed by atoms with Gasteiger partial charge in [0.25, 0.3) is 0 Å². The lowest BCUT2D eigenvalue weighted by Gasteiger charge is -2.26. The van der Waals surface area contributed by atoms with E-state index < -0.39 is 12.0 Å². The zero-order chi connectivity index (χ0) is 14.1. The van der Waals surface area contributed by atoms with E-state index in [4.69, 9.17) is 0 Å². The molecule has 1 aromatic carbocycles. The van der Waals surface area contributed by atoms with E-state index in [1.54, 1.807) is 0 Å². The molecular weight excluding hydrogens is 238 g/mol. The van der Waals surface area contributed by atoms with Crippen molar-refractivity contribution in [2.45, 2.75) is 38.8 Å². The van der Waals surface area contributed by atoms with E-state index in [0.717, 1.165) is 31.4 Å². The first-order valence-electron chi connectivity index (χ1n) is 6.82. The molecule has 104 valence electrons. The first kappa shape index (κ1) is 15.4. The van der Waals surface area contributed by atoms with Crippen molar-refractivity contribution in [3.05, 3.63) is 48.6 Å². The number of hydrogen-bond acceptors (Lipinski definition) is 2. The molecule has 0 aromatic heterocycles. The van der Waals surface area contributed by atoms with Crippen LogP contribution in [-0.2, 0) is 11.3 Å². The molecule has 0 radical (unpaired) electrons. The molecule has 1 N–H and O–H groups in total. The molecule has 0 unspecified atom stereocenters. The molecule has 1 aromatic rings. The Morgan fingerprint density at radius 3 is 2.58 bits per heavy atom. The fourth-order valence-corrected chi connectivity index (χ4v) is 2.11. The van der Waals surface area contributed by atoms with Crippen LogP contribution in [-0.4, -0.2) is 28.6 Å². The van der Waals surface area contributed by atoms with Gasteiger partial charge in [-0.1, -0.05) is 56.2 Å². The van der Waals surface area contributed by atoms with Crippen LogP contribution < -0.4 is 0 Å². The molecule has 3 heteroatoms. The van der Waals surface area contributed by atoms with Gasteiger partial charge < -0.3 is 5.11 Å². The lowest BCUT2D eigenvalue weighted by atomic mass is 10.1. The molecule has 0 bridgehead atoms. The fourth-order valence-electron chi connectivity index (χ4n) is 2.11. The Morgan fingerprint density at radius 1 is 1.37 bits per heavy atom. The Kier molecular flexibility index (Phi) is 6.90. The number of carbonyl (C=O) groups is 1. The topological polar surface area (TPSA) is 40.5 Å². The molecule has 0 aliphatic heterocycles. The Bertz CT molecular complexity index is 389. The van der Waals surface area contributed by atoms with Gasteiger partial charge in [0.2, 0.25) is 0 Å². The monoisotopic (exact) mass is 261 g/mol. The van der Waals surface area contributed by atoms with Gasteiger partial charge in [0.1, 0.15) is 6.04 Å². The standard InChI is InChI=1S/C16H23NO2/c1-3-5-9-12-17(15(4-2)16(18)19)13-14-10-7-6-8-11-14/h4,6-8,10-11,15H,2-3,5,9,12-13H2,1H3,(H,18,19)/t15-/m0/s1. The van der Waals surface area contributed by atoms with Crippen LogP contribution in [0.4, 0.5) is 0 Å². The second-order valence-electron chi connectivity index (χ2n) is 4.68. The van der Waals surface area contributed by atoms with E-state index in [1.807, 2.05) is 35.2 Å². The molecule has 3 nitrogen and oxygen atoms in total. The van der Waals surface area contributed by atoms with Crippen LogP contribution in [0.2, 0.25) is 0 Å². The minimum Gasteiger partial charge on any atom is -0.480 e. The van der Waals surface area contributed by atoms with Gasteiger partial charge in [-0.2, -0.15) is 0 Å². The second kappa shape index (κ2) is 8.48. The predicted molar refractivity (Wildman–Crippen MR) is 78.0 cm³/mol. The lowest BCUT2D eigenvalue weighted by Crippen LogP contribution is -2.39. The van der Waals surface area contributed by atoms with E-state index in [0.29, 0.717) is 6.54 Å². The summed E-state index contributed by atoms with van der Waals surface area (Å²) in [6, 6.07) is 9.35. The summed E-state index contributed by atoms with van der Waals surface area (Å²) in [4.78, 5) is 13.3. The third kappa shape index (κ3) is 5.26. The first-order valence-corrected chi connectivity index (χ1v) is 6.82. The zero-order valence-corrected chi connectivity index (χ0v) is 11.6. The van der Waals surface area contributed by atoms with E-state index >= 15 is 0 Å². The Hall–Kier alpha value is -1.61. The van der Waals surface area contributed by atoms with E-state index in [-0.39, 0.29) is 0 Å². The highest BCUT2D eigenvalue weighted by atomic mass is 16.4. The summed E-state index contributed by atoms with van der Waals surface area (Å²) < 4.78 is 0. The van der Waals surface area contributed by atoms with Crippen LogP contribution in [0.1, 0.15) is 31.7 Å². The summed E-state index contributed by atoms with van der Waals surface area (Å²) in [5, 5.41) is 9.27. The van der Waals surface area contributed by atoms with Gasteiger partial charge >= 0.3 is 5.97 Å². The number of aliphatic carboxylic acids is 1. The summed E-state index contributed by atoms with van der Waals surface area (Å²) >= 11 is 0. The lowest BCUT2D eigenvalue weighted by molar-refractivity contribution is -0.141. The van der Waals surface area contributed by atoms with Crippen molar-refractivity contribution in [1.29, 1.82) is 0 Å². The van der Waals surface area contributed by atoms with Gasteiger partial charge in [-0.15, -0.1) is 6.58 Å². The molecule has 0 heterocycles. The van der Waals surface area contributed by atoms with E-state index in [2.05, 4.69) is 13.5 Å². The molecule has 0 saturated carbocycles. The van der Waals surface area contributed by atoms with E-state index in [1.165, 1.54) is 6.08 Å². The maximum absolute atomic E-state index is 11.3. The average molecular weight is 261 g/mol. The number of nitrogens with zero attached hydrogens (tertiary/aromatic N) is 1. The highest BCUT2D eigenvalue weighted by Crippen LogP contribution is 2.11. The minimum atomic E-state index is -0.831. The van der Waals surface area contributed by atoms with Crippen molar-refractivity contribution in [3.8, 4) is 0 Å². The maximum Gasteiger partial charge on any atom is 0.324 e. The smallest absolute Gasteiger partial charge is 0.324 e. The molecule has 0 aliphatic carbocycles. The van der Waals surface area contributed by atoms with Gasteiger partial charge in [-0.05, 0) is 18.5 Å². The van der Waals surface area contributed by atoms with Crippen LogP contribution in [0, 0.1) is 0 Å². The quantitative estimate of drug-likeness (QED) is 0.547. The van der Waals surface area contributed by atoms with Crippen molar-refractivity contribution >= 4 is 5.97 Å². The average Bonchev–Trinajstić information content (AvgIpc) is 2.40. The number of hydrogen-bond donors (Lipinski definition) is 1. The fraction of sp³-hybridized carbons (Fsp3) is 0.438. The van der Waals surface area contributed by atoms with Gasteiger partial charge in [0.15, 0.2) is 0 Å². The van der Waals surface area contributed by atoms with Crippen LogP contribution in [0.3, 0.4) is 0 Å². The molecular formula is C16H23NO2. The van der Waals surface area contributed by atoms with Crippen molar-refractivity contribution in [2.75, 3.05) is 6.54 Å². The summed E-state index contributed by atoms with van der Waals surface area (Å²) in [5.41, 5.74) is 1.13. The highest BCUT2D eigenvalue weighted by Gasteiger charge is 2.21. The molecule has 0 aliphatic rings. The summed E-state index contributed by atoms with van der Waals surface area (Å²) in [7, 11) is 0. The molecule has 19 heavy (non-hydrogen) atoms. The maximum atomic E-state index is 11.3. The van der Waals surface area contributed by atoms with Gasteiger partial charge in [-0.3, -0.25) is 9.69 Å². The number of carboxylic acids is 1. The van der Waals surface area contributed by atoms with Gasteiger partial charge in [-0.25, -0.2) is 0 Å². The highest BCUT2D eigenvalue weighted by molar-refractivity contribution is 5.75. The van der Waals surface area contributed by atoms with Crippen LogP contribution in [0.15, 0.2) is 43.0 Å². The van der Waals surface area contributed by atoms with Gasteiger partial charge in [0.05, 0.1) is 0 Å². The first-order chi connectivity index (χ1) is 9.19. The minimum absolute atomic E-state index is 0.614. The summed E-state index contributed by atoms with van der Waals surface area (Å²) in [6.07, 6.45) is 4.78. The number of rotatable bonds is 9. The summed E-state index contributed by atoms with van der Waals surface area (Å²) in [6.45, 7) is 7.22. The van der Waals surface area contributed by atoms with Crippen molar-refractivity contribution in [2.24, 2.45) is 0 Å². The van der Waals surface area contributed by atoms with Crippen LogP contribution in [0.5, 0.6) is 0 Å². The predicted octanol–water partition coefficient (Wildman–Crippen LogP) is 3.32. The van der Waals surface area contributed by atoms with Crippen LogP contribution >= 0.6 is 0 Å². The SMILES string of the molecule is C=C[C@@H](C(=O)O)N(CCCCC)Cc1ccccc1. The number of unbranched alkanes of at least 4 members (excludes halogenated alkanes) is 2. The Balaban J connectivity index is 2.73. The number of benzene rings is 1.